The molecule has 0 atom stereocenters. The monoisotopic (exact) mass is 435 g/mol. The lowest BCUT2D eigenvalue weighted by Crippen LogP contribution is -2.02. The van der Waals surface area contributed by atoms with Gasteiger partial charge in [-0.15, -0.1) is 0 Å². The molecule has 0 N–H and O–H groups in total. The lowest BCUT2D eigenvalue weighted by atomic mass is 10.0. The van der Waals surface area contributed by atoms with E-state index in [4.69, 9.17) is 23.9 Å². The Labute approximate surface area is 189 Å². The molecule has 2 aromatic carbocycles. The first kappa shape index (κ1) is 23.1. The fourth-order valence-electron chi connectivity index (χ4n) is 3.56. The van der Waals surface area contributed by atoms with Gasteiger partial charge in [0, 0.05) is 11.4 Å². The van der Waals surface area contributed by atoms with Crippen LogP contribution < -0.4 is 14.2 Å². The molecule has 0 fully saturated rings. The highest BCUT2D eigenvalue weighted by Crippen LogP contribution is 2.38. The normalized spacial score (nSPS) is 10.5. The van der Waals surface area contributed by atoms with E-state index in [1.54, 1.807) is 33.5 Å². The number of aryl methyl sites for hydroxylation is 4. The highest BCUT2D eigenvalue weighted by atomic mass is 16.5. The summed E-state index contributed by atoms with van der Waals surface area (Å²) in [5.74, 6) is 1.58. The summed E-state index contributed by atoms with van der Waals surface area (Å²) >= 11 is 0. The van der Waals surface area contributed by atoms with Gasteiger partial charge in [-0.05, 0) is 73.2 Å². The second-order valence-corrected chi connectivity index (χ2v) is 7.34. The van der Waals surface area contributed by atoms with Crippen molar-refractivity contribution < 1.29 is 23.7 Å². The molecule has 3 rings (SSSR count). The molecule has 0 unspecified atom stereocenters. The molecular weight excluding hydrogens is 406 g/mol. The van der Waals surface area contributed by atoms with Gasteiger partial charge < -0.3 is 18.9 Å². The largest absolute Gasteiger partial charge is 0.493 e. The van der Waals surface area contributed by atoms with Crippen molar-refractivity contribution in [1.29, 1.82) is 0 Å². The SMILES string of the molecule is COC(=O)c1ccc(CCc2cccc(CCc3cc(OC)c(OC)c(OC)c3)n2)cc1. The third-order valence-corrected chi connectivity index (χ3v) is 5.30. The third-order valence-electron chi connectivity index (χ3n) is 5.30. The van der Waals surface area contributed by atoms with E-state index in [0.29, 0.717) is 22.8 Å². The molecular formula is C26H29NO5. The highest BCUT2D eigenvalue weighted by molar-refractivity contribution is 5.89. The summed E-state index contributed by atoms with van der Waals surface area (Å²) < 4.78 is 21.0. The number of esters is 1. The topological polar surface area (TPSA) is 66.9 Å². The summed E-state index contributed by atoms with van der Waals surface area (Å²) in [4.78, 5) is 16.4. The number of methoxy groups -OCH3 is 4. The van der Waals surface area contributed by atoms with Crippen LogP contribution in [0.1, 0.15) is 32.9 Å². The highest BCUT2D eigenvalue weighted by Gasteiger charge is 2.13. The molecule has 3 aromatic rings. The first-order chi connectivity index (χ1) is 15.6. The van der Waals surface area contributed by atoms with E-state index < -0.39 is 0 Å². The van der Waals surface area contributed by atoms with Crippen LogP contribution in [-0.2, 0) is 30.4 Å². The predicted octanol–water partition coefficient (Wildman–Crippen LogP) is 4.46. The molecule has 6 heteroatoms. The molecule has 1 heterocycles. The number of benzene rings is 2. The maximum absolute atomic E-state index is 11.6. The number of hydrogen-bond donors (Lipinski definition) is 0. The first-order valence-corrected chi connectivity index (χ1v) is 10.5. The minimum Gasteiger partial charge on any atom is -0.493 e. The minimum absolute atomic E-state index is 0.321. The van der Waals surface area contributed by atoms with Gasteiger partial charge >= 0.3 is 5.97 Å². The number of carbonyl (C=O) groups excluding carboxylic acids is 1. The van der Waals surface area contributed by atoms with E-state index >= 15 is 0 Å². The van der Waals surface area contributed by atoms with E-state index in [9.17, 15) is 4.79 Å². The quantitative estimate of drug-likeness (QED) is 0.438. The second-order valence-electron chi connectivity index (χ2n) is 7.34. The molecule has 0 aliphatic rings. The summed E-state index contributed by atoms with van der Waals surface area (Å²) in [6, 6.07) is 17.6. The van der Waals surface area contributed by atoms with Gasteiger partial charge in [0.05, 0.1) is 34.0 Å². The predicted molar refractivity (Wildman–Crippen MR) is 123 cm³/mol. The van der Waals surface area contributed by atoms with Crippen molar-refractivity contribution in [2.45, 2.75) is 25.7 Å². The average Bonchev–Trinajstić information content (AvgIpc) is 2.85. The lowest BCUT2D eigenvalue weighted by molar-refractivity contribution is 0.0600. The summed E-state index contributed by atoms with van der Waals surface area (Å²) in [6.07, 6.45) is 3.29. The fraction of sp³-hybridized carbons (Fsp3) is 0.308. The molecule has 0 aliphatic carbocycles. The van der Waals surface area contributed by atoms with Gasteiger partial charge in [-0.3, -0.25) is 4.98 Å². The molecule has 0 aliphatic heterocycles. The Balaban J connectivity index is 1.62. The molecule has 0 radical (unpaired) electrons. The van der Waals surface area contributed by atoms with Gasteiger partial charge in [0.15, 0.2) is 11.5 Å². The Morgan fingerprint density at radius 1 is 0.719 bits per heavy atom. The molecule has 0 spiro atoms. The van der Waals surface area contributed by atoms with Crippen molar-refractivity contribution in [3.05, 3.63) is 82.7 Å². The third kappa shape index (κ3) is 5.78. The molecule has 0 amide bonds. The smallest absolute Gasteiger partial charge is 0.337 e. The Bertz CT molecular complexity index is 1020. The number of nitrogens with zero attached hydrogens (tertiary/aromatic N) is 1. The van der Waals surface area contributed by atoms with Crippen LogP contribution >= 0.6 is 0 Å². The zero-order valence-corrected chi connectivity index (χ0v) is 19.0. The Hall–Kier alpha value is -3.54. The second kappa shape index (κ2) is 11.2. The van der Waals surface area contributed by atoms with Crippen molar-refractivity contribution in [2.75, 3.05) is 28.4 Å². The van der Waals surface area contributed by atoms with Crippen LogP contribution in [0.3, 0.4) is 0 Å². The van der Waals surface area contributed by atoms with E-state index in [-0.39, 0.29) is 5.97 Å². The van der Waals surface area contributed by atoms with Crippen LogP contribution in [0.5, 0.6) is 17.2 Å². The number of carbonyl (C=O) groups is 1. The number of rotatable bonds is 10. The lowest BCUT2D eigenvalue weighted by Gasteiger charge is -2.14. The van der Waals surface area contributed by atoms with Gasteiger partial charge in [0.1, 0.15) is 0 Å². The number of pyridine rings is 1. The Kier molecular flexibility index (Phi) is 8.08. The van der Waals surface area contributed by atoms with Crippen molar-refractivity contribution in [2.24, 2.45) is 0 Å². The van der Waals surface area contributed by atoms with Crippen LogP contribution in [0, 0.1) is 0 Å². The standard InChI is InChI=1S/C26H29NO5/c1-29-23-16-19(17-24(30-2)25(23)31-3)11-15-22-7-5-6-21(27-22)14-10-18-8-12-20(13-9-18)26(28)32-4/h5-9,12-13,16-17H,10-11,14-15H2,1-4H3. The molecule has 1 aromatic heterocycles. The number of ether oxygens (including phenoxy) is 4. The zero-order chi connectivity index (χ0) is 22.9. The van der Waals surface area contributed by atoms with Crippen LogP contribution in [0.2, 0.25) is 0 Å². The van der Waals surface area contributed by atoms with E-state index in [1.807, 2.05) is 42.5 Å². The van der Waals surface area contributed by atoms with E-state index in [1.165, 1.54) is 7.11 Å². The van der Waals surface area contributed by atoms with Crippen LogP contribution in [-0.4, -0.2) is 39.4 Å². The average molecular weight is 436 g/mol. The van der Waals surface area contributed by atoms with E-state index in [2.05, 4.69) is 0 Å². The maximum atomic E-state index is 11.6. The fourth-order valence-corrected chi connectivity index (χ4v) is 3.56. The Morgan fingerprint density at radius 2 is 1.28 bits per heavy atom. The van der Waals surface area contributed by atoms with Crippen molar-refractivity contribution in [3.8, 4) is 17.2 Å². The summed E-state index contributed by atoms with van der Waals surface area (Å²) in [7, 11) is 6.23. The maximum Gasteiger partial charge on any atom is 0.337 e. The minimum atomic E-state index is -0.321. The zero-order valence-electron chi connectivity index (χ0n) is 19.0. The number of hydrogen-bond acceptors (Lipinski definition) is 6. The van der Waals surface area contributed by atoms with Crippen molar-refractivity contribution in [1.82, 2.24) is 4.98 Å². The number of aromatic nitrogens is 1. The van der Waals surface area contributed by atoms with Gasteiger partial charge in [-0.25, -0.2) is 4.79 Å². The molecule has 32 heavy (non-hydrogen) atoms. The molecule has 0 saturated carbocycles. The van der Waals surface area contributed by atoms with Gasteiger partial charge in [-0.1, -0.05) is 18.2 Å². The van der Waals surface area contributed by atoms with Crippen molar-refractivity contribution >= 4 is 5.97 Å². The van der Waals surface area contributed by atoms with Crippen LogP contribution in [0.25, 0.3) is 0 Å². The van der Waals surface area contributed by atoms with E-state index in [0.717, 1.165) is 48.2 Å². The first-order valence-electron chi connectivity index (χ1n) is 10.5. The summed E-state index contributed by atoms with van der Waals surface area (Å²) in [5.41, 5.74) is 4.89. The molecule has 0 saturated heterocycles. The van der Waals surface area contributed by atoms with Crippen LogP contribution in [0.15, 0.2) is 54.6 Å². The van der Waals surface area contributed by atoms with Gasteiger partial charge in [-0.2, -0.15) is 0 Å². The molecule has 0 bridgehead atoms. The van der Waals surface area contributed by atoms with Gasteiger partial charge in [0.2, 0.25) is 5.75 Å². The Morgan fingerprint density at radius 3 is 1.78 bits per heavy atom. The summed E-state index contributed by atoms with van der Waals surface area (Å²) in [5, 5.41) is 0. The summed E-state index contributed by atoms with van der Waals surface area (Å²) in [6.45, 7) is 0. The van der Waals surface area contributed by atoms with Gasteiger partial charge in [0.25, 0.3) is 0 Å². The molecule has 6 nitrogen and oxygen atoms in total. The van der Waals surface area contributed by atoms with Crippen LogP contribution in [0.4, 0.5) is 0 Å². The molecule has 168 valence electrons. The van der Waals surface area contributed by atoms with Crippen molar-refractivity contribution in [3.63, 3.8) is 0 Å².